The van der Waals surface area contributed by atoms with Crippen LogP contribution in [0.2, 0.25) is 0 Å². The Morgan fingerprint density at radius 3 is 2.61 bits per heavy atom. The van der Waals surface area contributed by atoms with Gasteiger partial charge in [0.05, 0.1) is 5.39 Å². The maximum Gasteiger partial charge on any atom is 0.276 e. The van der Waals surface area contributed by atoms with Crippen molar-refractivity contribution in [1.82, 2.24) is 20.0 Å². The summed E-state index contributed by atoms with van der Waals surface area (Å²) >= 11 is 0. The number of fused-ring (bicyclic) bond motifs is 3. The van der Waals surface area contributed by atoms with Gasteiger partial charge in [0.15, 0.2) is 5.69 Å². The molecule has 0 radical (unpaired) electrons. The molecule has 1 aromatic heterocycles. The number of rotatable bonds is 4. The summed E-state index contributed by atoms with van der Waals surface area (Å²) < 4.78 is 15.7. The Morgan fingerprint density at radius 2 is 1.96 bits per heavy atom. The van der Waals surface area contributed by atoms with Crippen LogP contribution in [0.3, 0.4) is 0 Å². The number of piperidine rings is 1. The molecule has 152 valence electrons. The third kappa shape index (κ3) is 3.53. The van der Waals surface area contributed by atoms with E-state index in [9.17, 15) is 14.0 Å². The van der Waals surface area contributed by atoms with Gasteiger partial charge < -0.3 is 10.2 Å². The standard InChI is InChI=1S/C20H25FN4O2.ClH/c1-3-9-25-18-15(5-4-6-16(18)21)19(26)17(23-25)20(27)22-12-10-13-7-8-14(11-12)24(13)2;/h4-6,12-14H,3,7-11H2,1-2H3,(H,22,27);1H. The second-order valence-corrected chi connectivity index (χ2v) is 7.73. The minimum Gasteiger partial charge on any atom is -0.348 e. The fraction of sp³-hybridized carbons (Fsp3) is 0.550. The molecule has 1 N–H and O–H groups in total. The zero-order valence-corrected chi connectivity index (χ0v) is 17.0. The summed E-state index contributed by atoms with van der Waals surface area (Å²) in [6.07, 6.45) is 4.82. The molecular weight excluding hydrogens is 383 g/mol. The van der Waals surface area contributed by atoms with Crippen molar-refractivity contribution in [2.75, 3.05) is 7.05 Å². The number of carbonyl (C=O) groups excluding carboxylic acids is 1. The Bertz CT molecular complexity index is 934. The number of nitrogens with zero attached hydrogens (tertiary/aromatic N) is 3. The monoisotopic (exact) mass is 408 g/mol. The maximum atomic E-state index is 14.3. The molecule has 2 saturated heterocycles. The molecule has 0 saturated carbocycles. The van der Waals surface area contributed by atoms with Crippen LogP contribution in [0.4, 0.5) is 4.39 Å². The van der Waals surface area contributed by atoms with Crippen molar-refractivity contribution in [1.29, 1.82) is 0 Å². The first-order chi connectivity index (χ1) is 13.0. The van der Waals surface area contributed by atoms with Gasteiger partial charge in [0.2, 0.25) is 5.43 Å². The molecule has 8 heteroatoms. The molecule has 4 rings (SSSR count). The van der Waals surface area contributed by atoms with Crippen LogP contribution >= 0.6 is 12.4 Å². The number of nitrogens with one attached hydrogen (secondary N) is 1. The lowest BCUT2D eigenvalue weighted by atomic mass is 9.98. The van der Waals surface area contributed by atoms with Gasteiger partial charge >= 0.3 is 0 Å². The minimum absolute atomic E-state index is 0. The summed E-state index contributed by atoms with van der Waals surface area (Å²) in [6, 6.07) is 5.39. The molecule has 0 spiro atoms. The average Bonchev–Trinajstić information content (AvgIpc) is 2.85. The molecule has 1 aromatic carbocycles. The summed E-state index contributed by atoms with van der Waals surface area (Å²) in [6.45, 7) is 2.39. The van der Waals surface area contributed by atoms with Crippen molar-refractivity contribution in [3.8, 4) is 0 Å². The highest BCUT2D eigenvalue weighted by atomic mass is 35.5. The Hall–Kier alpha value is -1.99. The fourth-order valence-electron chi connectivity index (χ4n) is 4.61. The van der Waals surface area contributed by atoms with E-state index in [1.165, 1.54) is 16.8 Å². The second-order valence-electron chi connectivity index (χ2n) is 7.73. The molecule has 2 unspecified atom stereocenters. The van der Waals surface area contributed by atoms with Gasteiger partial charge in [-0.05, 0) is 51.3 Å². The van der Waals surface area contributed by atoms with Crippen molar-refractivity contribution in [3.63, 3.8) is 0 Å². The molecule has 0 aliphatic carbocycles. The van der Waals surface area contributed by atoms with Gasteiger partial charge in [-0.1, -0.05) is 13.0 Å². The van der Waals surface area contributed by atoms with Gasteiger partial charge in [0, 0.05) is 24.7 Å². The quantitative estimate of drug-likeness (QED) is 0.844. The van der Waals surface area contributed by atoms with E-state index in [0.717, 1.165) is 32.1 Å². The molecule has 28 heavy (non-hydrogen) atoms. The van der Waals surface area contributed by atoms with Crippen molar-refractivity contribution in [2.45, 2.75) is 63.7 Å². The molecule has 2 aliphatic heterocycles. The molecule has 6 nitrogen and oxygen atoms in total. The SMILES string of the molecule is CCCn1nc(C(=O)NC2CC3CCC(C2)N3C)c(=O)c2cccc(F)c21.Cl. The molecule has 2 fully saturated rings. The lowest BCUT2D eigenvalue weighted by molar-refractivity contribution is 0.0874. The normalized spacial score (nSPS) is 24.2. The Labute approximate surface area is 169 Å². The van der Waals surface area contributed by atoms with Crippen LogP contribution in [0.25, 0.3) is 10.9 Å². The Balaban J connectivity index is 0.00000225. The molecule has 2 aliphatic rings. The van der Waals surface area contributed by atoms with E-state index in [1.54, 1.807) is 6.07 Å². The molecule has 1 amide bonds. The molecule has 2 aromatic rings. The second kappa shape index (κ2) is 8.17. The third-order valence-electron chi connectivity index (χ3n) is 6.01. The number of aromatic nitrogens is 2. The van der Waals surface area contributed by atoms with E-state index in [4.69, 9.17) is 0 Å². The molecule has 2 bridgehead atoms. The number of halogens is 2. The lowest BCUT2D eigenvalue weighted by Crippen LogP contribution is -2.49. The van der Waals surface area contributed by atoms with E-state index in [0.29, 0.717) is 18.6 Å². The third-order valence-corrected chi connectivity index (χ3v) is 6.01. The van der Waals surface area contributed by atoms with Gasteiger partial charge in [0.25, 0.3) is 5.91 Å². The van der Waals surface area contributed by atoms with Crippen molar-refractivity contribution in [2.24, 2.45) is 0 Å². The zero-order chi connectivity index (χ0) is 19.1. The largest absolute Gasteiger partial charge is 0.348 e. The van der Waals surface area contributed by atoms with Crippen LogP contribution in [0.15, 0.2) is 23.0 Å². The lowest BCUT2D eigenvalue weighted by Gasteiger charge is -2.36. The van der Waals surface area contributed by atoms with E-state index in [-0.39, 0.29) is 35.0 Å². The number of hydrogen-bond acceptors (Lipinski definition) is 4. The summed E-state index contributed by atoms with van der Waals surface area (Å²) in [4.78, 5) is 28.0. The van der Waals surface area contributed by atoms with Gasteiger partial charge in [-0.25, -0.2) is 4.39 Å². The summed E-state index contributed by atoms with van der Waals surface area (Å²) in [5, 5.41) is 7.44. The van der Waals surface area contributed by atoms with Crippen LogP contribution in [0.1, 0.15) is 49.5 Å². The van der Waals surface area contributed by atoms with Crippen LogP contribution in [0, 0.1) is 5.82 Å². The van der Waals surface area contributed by atoms with Crippen LogP contribution in [-0.4, -0.2) is 45.8 Å². The Morgan fingerprint density at radius 1 is 1.29 bits per heavy atom. The van der Waals surface area contributed by atoms with Crippen molar-refractivity contribution >= 4 is 29.2 Å². The highest BCUT2D eigenvalue weighted by Crippen LogP contribution is 2.34. The first-order valence-corrected chi connectivity index (χ1v) is 9.71. The summed E-state index contributed by atoms with van der Waals surface area (Å²) in [5.74, 6) is -0.950. The number of hydrogen-bond donors (Lipinski definition) is 1. The predicted molar refractivity (Wildman–Crippen MR) is 109 cm³/mol. The molecule has 3 heterocycles. The Kier molecular flexibility index (Phi) is 6.05. The highest BCUT2D eigenvalue weighted by molar-refractivity contribution is 5.95. The fourth-order valence-corrected chi connectivity index (χ4v) is 4.61. The number of aryl methyl sites for hydroxylation is 1. The van der Waals surface area contributed by atoms with Gasteiger partial charge in [-0.15, -0.1) is 12.4 Å². The van der Waals surface area contributed by atoms with Crippen LogP contribution in [0.5, 0.6) is 0 Å². The van der Waals surface area contributed by atoms with Gasteiger partial charge in [-0.3, -0.25) is 14.3 Å². The number of amides is 1. The van der Waals surface area contributed by atoms with E-state index in [2.05, 4.69) is 22.4 Å². The average molecular weight is 409 g/mol. The maximum absolute atomic E-state index is 14.3. The molecule has 2 atom stereocenters. The van der Waals surface area contributed by atoms with Gasteiger partial charge in [-0.2, -0.15) is 5.10 Å². The van der Waals surface area contributed by atoms with Crippen molar-refractivity contribution in [3.05, 3.63) is 39.9 Å². The van der Waals surface area contributed by atoms with E-state index < -0.39 is 17.2 Å². The number of para-hydroxylation sites is 1. The highest BCUT2D eigenvalue weighted by Gasteiger charge is 2.39. The smallest absolute Gasteiger partial charge is 0.276 e. The van der Waals surface area contributed by atoms with E-state index >= 15 is 0 Å². The van der Waals surface area contributed by atoms with Crippen molar-refractivity contribution < 1.29 is 9.18 Å². The minimum atomic E-state index is -0.509. The van der Waals surface area contributed by atoms with E-state index in [1.807, 2.05) is 6.92 Å². The molecular formula is C20H26ClFN4O2. The first-order valence-electron chi connectivity index (χ1n) is 9.71. The predicted octanol–water partition coefficient (Wildman–Crippen LogP) is 2.72. The topological polar surface area (TPSA) is 67.2 Å². The zero-order valence-electron chi connectivity index (χ0n) is 16.2. The summed E-state index contributed by atoms with van der Waals surface area (Å²) in [5.41, 5.74) is -0.490. The van der Waals surface area contributed by atoms with Crippen LogP contribution < -0.4 is 10.7 Å². The first kappa shape index (κ1) is 20.7. The number of benzene rings is 1. The van der Waals surface area contributed by atoms with Crippen LogP contribution in [-0.2, 0) is 6.54 Å². The van der Waals surface area contributed by atoms with Gasteiger partial charge in [0.1, 0.15) is 11.3 Å². The number of carbonyl (C=O) groups is 1. The summed E-state index contributed by atoms with van der Waals surface area (Å²) in [7, 11) is 2.14.